The number of nitrogen functional groups attached to an aromatic ring is 1. The number of nitrogens with zero attached hydrogens (tertiary/aromatic N) is 4. The number of hydrogen-bond donors (Lipinski definition) is 4. The first-order valence-electron chi connectivity index (χ1n) is 13.9. The Morgan fingerprint density at radius 1 is 1.16 bits per heavy atom. The average Bonchev–Trinajstić information content (AvgIpc) is 3.24. The molecule has 0 bridgehead atoms. The molecule has 0 saturated carbocycles. The summed E-state index contributed by atoms with van der Waals surface area (Å²) < 4.78 is 23.8. The molecule has 0 spiro atoms. The quantitative estimate of drug-likeness (QED) is 0.179. The molecule has 0 aliphatic carbocycles. The van der Waals surface area contributed by atoms with Crippen molar-refractivity contribution in [1.29, 1.82) is 0 Å². The molecule has 2 heterocycles. The van der Waals surface area contributed by atoms with Gasteiger partial charge < -0.3 is 26.2 Å². The first kappa shape index (κ1) is 31.4. The Balaban J connectivity index is 1.37. The zero-order valence-electron chi connectivity index (χ0n) is 24.7. The number of likely N-dealkylation sites (N-methyl/N-ethyl adjacent to an activating group) is 1. The second-order valence-corrected chi connectivity index (χ2v) is 10.7. The van der Waals surface area contributed by atoms with Crippen molar-refractivity contribution in [3.8, 4) is 34.0 Å². The van der Waals surface area contributed by atoms with Crippen molar-refractivity contribution in [2.24, 2.45) is 7.05 Å². The fourth-order valence-corrected chi connectivity index (χ4v) is 5.00. The van der Waals surface area contributed by atoms with Gasteiger partial charge in [-0.05, 0) is 56.4 Å². The minimum Gasteiger partial charge on any atom is -0.488 e. The van der Waals surface area contributed by atoms with Crippen LogP contribution in [0, 0.1) is 12.7 Å². The fourth-order valence-electron chi connectivity index (χ4n) is 4.81. The van der Waals surface area contributed by atoms with Crippen LogP contribution in [-0.2, 0) is 7.05 Å². The van der Waals surface area contributed by atoms with Gasteiger partial charge in [-0.25, -0.2) is 19.0 Å². The van der Waals surface area contributed by atoms with Crippen molar-refractivity contribution in [2.75, 3.05) is 31.2 Å². The molecule has 3 aromatic carbocycles. The summed E-state index contributed by atoms with van der Waals surface area (Å²) in [5, 5.41) is 16.0. The molecule has 5 N–H and O–H groups in total. The van der Waals surface area contributed by atoms with Crippen LogP contribution in [0.3, 0.4) is 0 Å². The van der Waals surface area contributed by atoms with Crippen LogP contribution in [0.2, 0.25) is 5.02 Å². The van der Waals surface area contributed by atoms with Crippen molar-refractivity contribution in [2.45, 2.75) is 13.0 Å². The van der Waals surface area contributed by atoms with Crippen LogP contribution in [0.25, 0.3) is 28.2 Å². The minimum absolute atomic E-state index is 0.00543. The lowest BCUT2D eigenvalue weighted by atomic mass is 10.1. The SMILES string of the molecule is CNCC(O)COc1cccc(-c2cnc(N)c(-c3ccc(NC(=O)c4c(C)n(C)n(-c5cccc(Cl)c5)c4=O)cc3)n2)c1F. The molecule has 13 heteroatoms. The third-order valence-corrected chi connectivity index (χ3v) is 7.40. The second kappa shape index (κ2) is 13.3. The van der Waals surface area contributed by atoms with E-state index in [1.165, 1.54) is 16.9 Å². The molecule has 5 rings (SSSR count). The van der Waals surface area contributed by atoms with Gasteiger partial charge in [-0.3, -0.25) is 14.3 Å². The van der Waals surface area contributed by atoms with Gasteiger partial charge >= 0.3 is 0 Å². The maximum atomic E-state index is 15.3. The number of aromatic nitrogens is 4. The van der Waals surface area contributed by atoms with Crippen molar-refractivity contribution in [3.05, 3.63) is 105 Å². The molecule has 11 nitrogen and oxygen atoms in total. The van der Waals surface area contributed by atoms with E-state index in [1.54, 1.807) is 86.4 Å². The summed E-state index contributed by atoms with van der Waals surface area (Å²) in [5.41, 5.74) is 8.34. The van der Waals surface area contributed by atoms with E-state index in [0.29, 0.717) is 39.9 Å². The topological polar surface area (TPSA) is 149 Å². The van der Waals surface area contributed by atoms with E-state index in [2.05, 4.69) is 20.6 Å². The molecule has 0 aliphatic rings. The number of nitrogens with one attached hydrogen (secondary N) is 2. The molecule has 2 aromatic heterocycles. The number of nitrogens with two attached hydrogens (primary N) is 1. The number of amides is 1. The Kier molecular flexibility index (Phi) is 9.28. The van der Waals surface area contributed by atoms with Gasteiger partial charge in [0.25, 0.3) is 11.5 Å². The predicted octanol–water partition coefficient (Wildman–Crippen LogP) is 4.19. The number of benzene rings is 3. The minimum atomic E-state index is -0.807. The average molecular weight is 632 g/mol. The molecule has 5 aromatic rings. The summed E-state index contributed by atoms with van der Waals surface area (Å²) in [5.74, 6) is -1.13. The number of rotatable bonds is 10. The summed E-state index contributed by atoms with van der Waals surface area (Å²) in [6.07, 6.45) is 0.558. The molecule has 1 amide bonds. The van der Waals surface area contributed by atoms with E-state index < -0.39 is 23.4 Å². The van der Waals surface area contributed by atoms with Crippen LogP contribution in [0.5, 0.6) is 5.75 Å². The third kappa shape index (κ3) is 6.58. The van der Waals surface area contributed by atoms with E-state index in [4.69, 9.17) is 22.1 Å². The summed E-state index contributed by atoms with van der Waals surface area (Å²) >= 11 is 6.11. The van der Waals surface area contributed by atoms with Crippen molar-refractivity contribution >= 4 is 29.0 Å². The van der Waals surface area contributed by atoms with E-state index in [0.717, 1.165) is 0 Å². The van der Waals surface area contributed by atoms with E-state index in [1.807, 2.05) is 0 Å². The molecule has 45 heavy (non-hydrogen) atoms. The monoisotopic (exact) mass is 631 g/mol. The standard InChI is InChI=1S/C32H31ClFN7O4/c1-18-27(32(44)41(40(18)3)22-7-4-6-20(33)14-22)31(43)38-21-12-10-19(11-13-21)29-30(35)37-16-25(39-29)24-8-5-9-26(28(24)34)45-17-23(42)15-36-2/h4-14,16,23,36,42H,15,17H2,1-3H3,(H2,35,37)(H,38,43). The summed E-state index contributed by atoms with van der Waals surface area (Å²) in [4.78, 5) is 35.3. The van der Waals surface area contributed by atoms with Crippen molar-refractivity contribution in [1.82, 2.24) is 24.6 Å². The van der Waals surface area contributed by atoms with Gasteiger partial charge in [0.05, 0.1) is 23.3 Å². The van der Waals surface area contributed by atoms with Gasteiger partial charge in [0.2, 0.25) is 0 Å². The summed E-state index contributed by atoms with van der Waals surface area (Å²) in [6.45, 7) is 1.89. The number of hydrogen-bond acceptors (Lipinski definition) is 8. The Labute approximate surface area is 263 Å². The Morgan fingerprint density at radius 2 is 1.89 bits per heavy atom. The number of carbonyl (C=O) groups is 1. The molecule has 0 fully saturated rings. The van der Waals surface area contributed by atoms with E-state index >= 15 is 4.39 Å². The van der Waals surface area contributed by atoms with Crippen LogP contribution in [0.1, 0.15) is 16.1 Å². The van der Waals surface area contributed by atoms with Crippen LogP contribution < -0.4 is 26.7 Å². The van der Waals surface area contributed by atoms with Crippen LogP contribution >= 0.6 is 11.6 Å². The molecular weight excluding hydrogens is 601 g/mol. The van der Waals surface area contributed by atoms with E-state index in [9.17, 15) is 14.7 Å². The third-order valence-electron chi connectivity index (χ3n) is 7.16. The van der Waals surface area contributed by atoms with Gasteiger partial charge in [0.1, 0.15) is 29.8 Å². The smallest absolute Gasteiger partial charge is 0.284 e. The molecule has 1 unspecified atom stereocenters. The first-order valence-corrected chi connectivity index (χ1v) is 14.3. The van der Waals surface area contributed by atoms with Gasteiger partial charge in [-0.2, -0.15) is 0 Å². The molecule has 0 aliphatic heterocycles. The van der Waals surface area contributed by atoms with Crippen LogP contribution in [0.4, 0.5) is 15.9 Å². The maximum absolute atomic E-state index is 15.3. The zero-order valence-corrected chi connectivity index (χ0v) is 25.5. The first-order chi connectivity index (χ1) is 21.6. The molecule has 232 valence electrons. The number of carbonyl (C=O) groups excluding carboxylic acids is 1. The van der Waals surface area contributed by atoms with Crippen LogP contribution in [0.15, 0.2) is 77.7 Å². The lowest BCUT2D eigenvalue weighted by molar-refractivity contribution is 0.102. The van der Waals surface area contributed by atoms with Crippen molar-refractivity contribution in [3.63, 3.8) is 0 Å². The van der Waals surface area contributed by atoms with Gasteiger partial charge in [0, 0.05) is 35.4 Å². The second-order valence-electron chi connectivity index (χ2n) is 10.2. The normalized spacial score (nSPS) is 11.8. The maximum Gasteiger partial charge on any atom is 0.284 e. The zero-order chi connectivity index (χ0) is 32.2. The molecule has 0 saturated heterocycles. The Hall–Kier alpha value is -5.04. The largest absolute Gasteiger partial charge is 0.488 e. The van der Waals surface area contributed by atoms with Crippen LogP contribution in [-0.4, -0.2) is 56.6 Å². The number of aliphatic hydroxyl groups excluding tert-OH is 1. The van der Waals surface area contributed by atoms with Gasteiger partial charge in [0.15, 0.2) is 11.6 Å². The fraction of sp³-hybridized carbons (Fsp3) is 0.188. The number of aliphatic hydroxyl groups is 1. The number of anilines is 2. The lowest BCUT2D eigenvalue weighted by Crippen LogP contribution is -2.29. The predicted molar refractivity (Wildman–Crippen MR) is 171 cm³/mol. The highest BCUT2D eigenvalue weighted by Gasteiger charge is 2.23. The van der Waals surface area contributed by atoms with Gasteiger partial charge in [-0.15, -0.1) is 0 Å². The van der Waals surface area contributed by atoms with Crippen molar-refractivity contribution < 1.29 is 19.0 Å². The highest BCUT2D eigenvalue weighted by molar-refractivity contribution is 6.30. The molecular formula is C32H31ClFN7O4. The lowest BCUT2D eigenvalue weighted by Gasteiger charge is -2.14. The highest BCUT2D eigenvalue weighted by atomic mass is 35.5. The number of ether oxygens (including phenoxy) is 1. The summed E-state index contributed by atoms with van der Waals surface area (Å²) in [6, 6.07) is 18.1. The van der Waals surface area contributed by atoms with E-state index in [-0.39, 0.29) is 35.0 Å². The summed E-state index contributed by atoms with van der Waals surface area (Å²) in [7, 11) is 3.38. The Bertz CT molecular complexity index is 1920. The Morgan fingerprint density at radius 3 is 2.60 bits per heavy atom. The number of halogens is 2. The van der Waals surface area contributed by atoms with Gasteiger partial charge in [-0.1, -0.05) is 35.9 Å². The molecule has 1 atom stereocenters. The molecule has 0 radical (unpaired) electrons. The highest BCUT2D eigenvalue weighted by Crippen LogP contribution is 2.31.